The van der Waals surface area contributed by atoms with Crippen molar-refractivity contribution in [3.8, 4) is 0 Å². The number of rotatable bonds is 4. The predicted octanol–water partition coefficient (Wildman–Crippen LogP) is 2.69. The van der Waals surface area contributed by atoms with Gasteiger partial charge in [-0.1, -0.05) is 6.07 Å². The third-order valence-electron chi connectivity index (χ3n) is 3.39. The summed E-state index contributed by atoms with van der Waals surface area (Å²) in [5.41, 5.74) is 1.29. The highest BCUT2D eigenvalue weighted by Crippen LogP contribution is 2.29. The van der Waals surface area contributed by atoms with E-state index in [0.29, 0.717) is 12.1 Å². The van der Waals surface area contributed by atoms with E-state index < -0.39 is 0 Å². The molecule has 1 aromatic rings. The van der Waals surface area contributed by atoms with Gasteiger partial charge in [0.25, 0.3) is 0 Å². The van der Waals surface area contributed by atoms with Crippen LogP contribution in [0.15, 0.2) is 24.5 Å². The van der Waals surface area contributed by atoms with Gasteiger partial charge < -0.3 is 10.1 Å². The number of pyridine rings is 1. The van der Waals surface area contributed by atoms with E-state index >= 15 is 0 Å². The van der Waals surface area contributed by atoms with Gasteiger partial charge >= 0.3 is 0 Å². The molecular formula is C14H22N2O. The summed E-state index contributed by atoms with van der Waals surface area (Å²) < 4.78 is 5.96. The Kier molecular flexibility index (Phi) is 3.79. The van der Waals surface area contributed by atoms with Gasteiger partial charge in [-0.05, 0) is 45.2 Å². The summed E-state index contributed by atoms with van der Waals surface area (Å²) in [4.78, 5) is 4.14. The molecule has 0 saturated carbocycles. The van der Waals surface area contributed by atoms with Crippen LogP contribution >= 0.6 is 0 Å². The Labute approximate surface area is 104 Å². The minimum atomic E-state index is 0.0594. The summed E-state index contributed by atoms with van der Waals surface area (Å²) in [5.74, 6) is 0. The maximum atomic E-state index is 5.96. The lowest BCUT2D eigenvalue weighted by Gasteiger charge is -2.21. The standard InChI is InChI=1S/C14H22N2O/c1-11(12-5-4-8-15-9-12)16-10-13-6-7-14(2,3)17-13/h4-5,8-9,11,13,16H,6-7,10H2,1-3H3/t11-,13?/m1/s1. The summed E-state index contributed by atoms with van der Waals surface area (Å²) in [7, 11) is 0. The molecule has 0 radical (unpaired) electrons. The lowest BCUT2D eigenvalue weighted by molar-refractivity contribution is -0.0150. The van der Waals surface area contributed by atoms with Crippen LogP contribution in [-0.2, 0) is 4.74 Å². The summed E-state index contributed by atoms with van der Waals surface area (Å²) in [6, 6.07) is 4.41. The first kappa shape index (κ1) is 12.5. The summed E-state index contributed by atoms with van der Waals surface area (Å²) in [6.07, 6.45) is 6.38. The van der Waals surface area contributed by atoms with Crippen LogP contribution in [0.2, 0.25) is 0 Å². The van der Waals surface area contributed by atoms with Crippen molar-refractivity contribution < 1.29 is 4.74 Å². The molecule has 1 aliphatic rings. The van der Waals surface area contributed by atoms with Gasteiger partial charge in [-0.25, -0.2) is 0 Å². The van der Waals surface area contributed by atoms with E-state index in [1.54, 1.807) is 6.20 Å². The first-order chi connectivity index (χ1) is 8.07. The fourth-order valence-electron chi connectivity index (χ4n) is 2.28. The van der Waals surface area contributed by atoms with Gasteiger partial charge in [0, 0.05) is 25.0 Å². The van der Waals surface area contributed by atoms with Gasteiger partial charge in [-0.2, -0.15) is 0 Å². The Balaban J connectivity index is 1.79. The first-order valence-electron chi connectivity index (χ1n) is 6.38. The molecule has 0 aliphatic carbocycles. The van der Waals surface area contributed by atoms with Crippen LogP contribution in [0, 0.1) is 0 Å². The minimum absolute atomic E-state index is 0.0594. The van der Waals surface area contributed by atoms with Gasteiger partial charge in [-0.15, -0.1) is 0 Å². The average Bonchev–Trinajstić information content (AvgIpc) is 2.67. The zero-order chi connectivity index (χ0) is 12.3. The molecule has 3 heteroatoms. The number of nitrogens with one attached hydrogen (secondary N) is 1. The quantitative estimate of drug-likeness (QED) is 0.869. The molecule has 2 heterocycles. The van der Waals surface area contributed by atoms with Gasteiger partial charge in [0.05, 0.1) is 11.7 Å². The molecule has 0 amide bonds. The molecule has 0 bridgehead atoms. The predicted molar refractivity (Wildman–Crippen MR) is 68.8 cm³/mol. The van der Waals surface area contributed by atoms with Crippen molar-refractivity contribution >= 4 is 0 Å². The number of ether oxygens (including phenoxy) is 1. The van der Waals surface area contributed by atoms with E-state index in [0.717, 1.165) is 19.4 Å². The molecule has 1 unspecified atom stereocenters. The second-order valence-electron chi connectivity index (χ2n) is 5.45. The highest BCUT2D eigenvalue weighted by Gasteiger charge is 2.31. The number of hydrogen-bond acceptors (Lipinski definition) is 3. The van der Waals surface area contributed by atoms with E-state index in [2.05, 4.69) is 37.1 Å². The Bertz CT molecular complexity index is 350. The highest BCUT2D eigenvalue weighted by atomic mass is 16.5. The van der Waals surface area contributed by atoms with Gasteiger partial charge in [0.15, 0.2) is 0 Å². The van der Waals surface area contributed by atoms with Crippen LogP contribution in [0.25, 0.3) is 0 Å². The van der Waals surface area contributed by atoms with Crippen LogP contribution in [-0.4, -0.2) is 23.2 Å². The van der Waals surface area contributed by atoms with Crippen molar-refractivity contribution in [2.24, 2.45) is 0 Å². The molecular weight excluding hydrogens is 212 g/mol. The number of nitrogens with zero attached hydrogens (tertiary/aromatic N) is 1. The first-order valence-corrected chi connectivity index (χ1v) is 6.38. The lowest BCUT2D eigenvalue weighted by atomic mass is 10.1. The summed E-state index contributed by atoms with van der Waals surface area (Å²) in [5, 5.41) is 3.51. The summed E-state index contributed by atoms with van der Waals surface area (Å²) in [6.45, 7) is 7.41. The largest absolute Gasteiger partial charge is 0.371 e. The zero-order valence-corrected chi connectivity index (χ0v) is 10.9. The topological polar surface area (TPSA) is 34.1 Å². The van der Waals surface area contributed by atoms with Crippen LogP contribution < -0.4 is 5.32 Å². The third kappa shape index (κ3) is 3.51. The fraction of sp³-hybridized carbons (Fsp3) is 0.643. The van der Waals surface area contributed by atoms with Crippen molar-refractivity contribution in [3.05, 3.63) is 30.1 Å². The molecule has 3 nitrogen and oxygen atoms in total. The minimum Gasteiger partial charge on any atom is -0.371 e. The van der Waals surface area contributed by atoms with E-state index in [9.17, 15) is 0 Å². The number of hydrogen-bond donors (Lipinski definition) is 1. The van der Waals surface area contributed by atoms with Crippen molar-refractivity contribution in [2.75, 3.05) is 6.54 Å². The molecule has 2 atom stereocenters. The van der Waals surface area contributed by atoms with Crippen molar-refractivity contribution in [1.82, 2.24) is 10.3 Å². The SMILES string of the molecule is C[C@@H](NCC1CCC(C)(C)O1)c1cccnc1. The molecule has 1 aromatic heterocycles. The van der Waals surface area contributed by atoms with Crippen molar-refractivity contribution in [1.29, 1.82) is 0 Å². The normalized spacial score (nSPS) is 24.8. The zero-order valence-electron chi connectivity index (χ0n) is 10.9. The fourth-order valence-corrected chi connectivity index (χ4v) is 2.28. The molecule has 1 aliphatic heterocycles. The maximum Gasteiger partial charge on any atom is 0.0708 e. The Morgan fingerprint density at radius 2 is 2.41 bits per heavy atom. The number of aromatic nitrogens is 1. The molecule has 1 saturated heterocycles. The second kappa shape index (κ2) is 5.15. The molecule has 1 N–H and O–H groups in total. The van der Waals surface area contributed by atoms with Gasteiger partial charge in [-0.3, -0.25) is 4.98 Å². The Morgan fingerprint density at radius 3 is 3.00 bits per heavy atom. The maximum absolute atomic E-state index is 5.96. The highest BCUT2D eigenvalue weighted by molar-refractivity contribution is 5.12. The van der Waals surface area contributed by atoms with E-state index in [-0.39, 0.29) is 5.60 Å². The van der Waals surface area contributed by atoms with Gasteiger partial charge in [0.2, 0.25) is 0 Å². The lowest BCUT2D eigenvalue weighted by Crippen LogP contribution is -2.31. The Hall–Kier alpha value is -0.930. The van der Waals surface area contributed by atoms with E-state index in [4.69, 9.17) is 4.74 Å². The van der Waals surface area contributed by atoms with Crippen LogP contribution in [0.1, 0.15) is 45.2 Å². The van der Waals surface area contributed by atoms with Crippen LogP contribution in [0.5, 0.6) is 0 Å². The van der Waals surface area contributed by atoms with E-state index in [1.807, 2.05) is 12.3 Å². The molecule has 2 rings (SSSR count). The average molecular weight is 234 g/mol. The molecule has 94 valence electrons. The van der Waals surface area contributed by atoms with Crippen LogP contribution in [0.3, 0.4) is 0 Å². The molecule has 1 fully saturated rings. The second-order valence-corrected chi connectivity index (χ2v) is 5.45. The van der Waals surface area contributed by atoms with Crippen molar-refractivity contribution in [2.45, 2.75) is 51.4 Å². The molecule has 0 spiro atoms. The Morgan fingerprint density at radius 1 is 1.59 bits per heavy atom. The van der Waals surface area contributed by atoms with E-state index in [1.165, 1.54) is 5.56 Å². The monoisotopic (exact) mass is 234 g/mol. The third-order valence-corrected chi connectivity index (χ3v) is 3.39. The molecule has 17 heavy (non-hydrogen) atoms. The molecule has 0 aromatic carbocycles. The summed E-state index contributed by atoms with van der Waals surface area (Å²) >= 11 is 0. The van der Waals surface area contributed by atoms with Gasteiger partial charge in [0.1, 0.15) is 0 Å². The smallest absolute Gasteiger partial charge is 0.0708 e. The van der Waals surface area contributed by atoms with Crippen molar-refractivity contribution in [3.63, 3.8) is 0 Å². The van der Waals surface area contributed by atoms with Crippen LogP contribution in [0.4, 0.5) is 0 Å².